The molecule has 1 aliphatic heterocycles. The Bertz CT molecular complexity index is 621. The Labute approximate surface area is 129 Å². The molecule has 0 saturated carbocycles. The van der Waals surface area contributed by atoms with Gasteiger partial charge in [0.05, 0.1) is 12.3 Å². The highest BCUT2D eigenvalue weighted by molar-refractivity contribution is 7.88. The molecule has 5 nitrogen and oxygen atoms in total. The molecule has 0 saturated heterocycles. The van der Waals surface area contributed by atoms with Crippen LogP contribution in [0.3, 0.4) is 0 Å². The van der Waals surface area contributed by atoms with Gasteiger partial charge in [-0.25, -0.2) is 8.42 Å². The maximum Gasteiger partial charge on any atom is 0.242 e. The summed E-state index contributed by atoms with van der Waals surface area (Å²) >= 11 is 1.59. The van der Waals surface area contributed by atoms with E-state index in [1.54, 1.807) is 23.5 Å². The third-order valence-corrected chi connectivity index (χ3v) is 5.61. The molecule has 2 atom stereocenters. The van der Waals surface area contributed by atoms with E-state index in [4.69, 9.17) is 0 Å². The number of thiophene rings is 1. The zero-order valence-corrected chi connectivity index (χ0v) is 13.9. The normalized spacial score (nSPS) is 20.9. The average Bonchev–Trinajstić information content (AvgIpc) is 3.04. The molecule has 1 N–H and O–H groups in total. The minimum Gasteiger partial charge on any atom is -0.347 e. The van der Waals surface area contributed by atoms with E-state index < -0.39 is 16.1 Å². The van der Waals surface area contributed by atoms with Crippen molar-refractivity contribution in [1.29, 1.82) is 0 Å². The molecule has 0 bridgehead atoms. The summed E-state index contributed by atoms with van der Waals surface area (Å²) in [6.45, 7) is 4.31. The van der Waals surface area contributed by atoms with E-state index in [2.05, 4.69) is 5.32 Å². The van der Waals surface area contributed by atoms with Gasteiger partial charge >= 0.3 is 0 Å². The third-order valence-electron chi connectivity index (χ3n) is 3.42. The van der Waals surface area contributed by atoms with Gasteiger partial charge < -0.3 is 5.32 Å². The number of carbonyl (C=O) groups is 1. The van der Waals surface area contributed by atoms with Gasteiger partial charge in [-0.1, -0.05) is 32.1 Å². The van der Waals surface area contributed by atoms with Crippen LogP contribution in [-0.4, -0.2) is 37.5 Å². The SMILES string of the molecule is CC(C)[C@@H](NC(=O)[C@@H]1C=CCN1S(C)(=O)=O)c1cccs1. The zero-order chi connectivity index (χ0) is 15.6. The summed E-state index contributed by atoms with van der Waals surface area (Å²) in [5, 5.41) is 4.94. The lowest BCUT2D eigenvalue weighted by Gasteiger charge is -2.26. The Morgan fingerprint density at radius 1 is 1.48 bits per heavy atom. The van der Waals surface area contributed by atoms with Gasteiger partial charge in [-0.05, 0) is 17.4 Å². The van der Waals surface area contributed by atoms with E-state index in [1.165, 1.54) is 4.31 Å². The fraction of sp³-hybridized carbons (Fsp3) is 0.500. The monoisotopic (exact) mass is 328 g/mol. The molecule has 0 aliphatic carbocycles. The van der Waals surface area contributed by atoms with Gasteiger partial charge in [-0.15, -0.1) is 11.3 Å². The highest BCUT2D eigenvalue weighted by atomic mass is 32.2. The van der Waals surface area contributed by atoms with Gasteiger partial charge in [0.1, 0.15) is 6.04 Å². The predicted molar refractivity (Wildman–Crippen MR) is 84.5 cm³/mol. The van der Waals surface area contributed by atoms with Crippen molar-refractivity contribution in [1.82, 2.24) is 9.62 Å². The summed E-state index contributed by atoms with van der Waals surface area (Å²) in [6, 6.07) is 3.07. The first kappa shape index (κ1) is 16.2. The molecule has 0 aromatic carbocycles. The van der Waals surface area contributed by atoms with E-state index in [-0.39, 0.29) is 24.4 Å². The molecule has 2 heterocycles. The summed E-state index contributed by atoms with van der Waals surface area (Å²) < 4.78 is 24.6. The Kier molecular flexibility index (Phi) is 4.85. The van der Waals surface area contributed by atoms with Gasteiger partial charge in [-0.2, -0.15) is 4.31 Å². The topological polar surface area (TPSA) is 66.5 Å². The number of nitrogens with one attached hydrogen (secondary N) is 1. The second-order valence-corrected chi connectivity index (χ2v) is 8.37. The number of hydrogen-bond acceptors (Lipinski definition) is 4. The molecule has 21 heavy (non-hydrogen) atoms. The molecular formula is C14H20N2O3S2. The first-order valence-corrected chi connectivity index (χ1v) is 9.50. The van der Waals surface area contributed by atoms with Crippen LogP contribution in [0, 0.1) is 5.92 Å². The second kappa shape index (κ2) is 6.29. The van der Waals surface area contributed by atoms with Gasteiger partial charge in [0, 0.05) is 11.4 Å². The van der Waals surface area contributed by atoms with Crippen molar-refractivity contribution in [2.45, 2.75) is 25.9 Å². The van der Waals surface area contributed by atoms with E-state index >= 15 is 0 Å². The smallest absolute Gasteiger partial charge is 0.242 e. The third kappa shape index (κ3) is 3.72. The number of hydrogen-bond donors (Lipinski definition) is 1. The van der Waals surface area contributed by atoms with Crippen molar-refractivity contribution < 1.29 is 13.2 Å². The van der Waals surface area contributed by atoms with E-state index in [0.717, 1.165) is 11.1 Å². The second-order valence-electron chi connectivity index (χ2n) is 5.45. The van der Waals surface area contributed by atoms with Gasteiger partial charge in [0.2, 0.25) is 15.9 Å². The average molecular weight is 328 g/mol. The fourth-order valence-electron chi connectivity index (χ4n) is 2.34. The zero-order valence-electron chi connectivity index (χ0n) is 12.3. The Balaban J connectivity index is 2.14. The van der Waals surface area contributed by atoms with Crippen LogP contribution in [0.15, 0.2) is 29.7 Å². The summed E-state index contributed by atoms with van der Waals surface area (Å²) in [4.78, 5) is 13.5. The molecule has 1 aliphatic rings. The van der Waals surface area contributed by atoms with Crippen LogP contribution >= 0.6 is 11.3 Å². The molecule has 116 valence electrons. The molecule has 0 unspecified atom stereocenters. The standard InChI is InChI=1S/C14H20N2O3S2/c1-10(2)13(12-7-5-9-20-12)15-14(17)11-6-4-8-16(11)21(3,18)19/h4-7,9-11,13H,8H2,1-3H3,(H,15,17)/t11-,13+/m0/s1. The van der Waals surface area contributed by atoms with Gasteiger partial charge in [-0.3, -0.25) is 4.79 Å². The molecule has 2 rings (SSSR count). The summed E-state index contributed by atoms with van der Waals surface area (Å²) in [5.74, 6) is -0.0501. The van der Waals surface area contributed by atoms with E-state index in [9.17, 15) is 13.2 Å². The van der Waals surface area contributed by atoms with Crippen LogP contribution in [0.4, 0.5) is 0 Å². The number of amides is 1. The molecule has 1 aromatic heterocycles. The van der Waals surface area contributed by atoms with Crippen LogP contribution < -0.4 is 5.32 Å². The molecule has 7 heteroatoms. The minimum absolute atomic E-state index is 0.104. The Morgan fingerprint density at radius 2 is 2.19 bits per heavy atom. The quantitative estimate of drug-likeness (QED) is 0.838. The molecular weight excluding hydrogens is 308 g/mol. The Morgan fingerprint density at radius 3 is 2.71 bits per heavy atom. The highest BCUT2D eigenvalue weighted by Crippen LogP contribution is 2.26. The molecule has 0 fully saturated rings. The van der Waals surface area contributed by atoms with Crippen LogP contribution in [0.25, 0.3) is 0 Å². The van der Waals surface area contributed by atoms with Crippen LogP contribution in [0.2, 0.25) is 0 Å². The fourth-order valence-corrected chi connectivity index (χ4v) is 4.22. The van der Waals surface area contributed by atoms with Gasteiger partial charge in [0.25, 0.3) is 0 Å². The molecule has 0 radical (unpaired) electrons. The maximum atomic E-state index is 12.4. The van der Waals surface area contributed by atoms with Crippen LogP contribution in [0.1, 0.15) is 24.8 Å². The number of carbonyl (C=O) groups excluding carboxylic acids is 1. The summed E-state index contributed by atoms with van der Waals surface area (Å²) in [7, 11) is -3.39. The largest absolute Gasteiger partial charge is 0.347 e. The van der Waals surface area contributed by atoms with Crippen molar-refractivity contribution in [3.05, 3.63) is 34.5 Å². The highest BCUT2D eigenvalue weighted by Gasteiger charge is 2.34. The van der Waals surface area contributed by atoms with Crippen molar-refractivity contribution >= 4 is 27.3 Å². The molecule has 1 aromatic rings. The Hall–Kier alpha value is -1.18. The molecule has 1 amide bonds. The number of rotatable bonds is 5. The van der Waals surface area contributed by atoms with Gasteiger partial charge in [0.15, 0.2) is 0 Å². The van der Waals surface area contributed by atoms with Crippen LogP contribution in [-0.2, 0) is 14.8 Å². The van der Waals surface area contributed by atoms with Crippen molar-refractivity contribution in [3.63, 3.8) is 0 Å². The molecule has 0 spiro atoms. The summed E-state index contributed by atoms with van der Waals surface area (Å²) in [6.07, 6.45) is 4.47. The van der Waals surface area contributed by atoms with Crippen LogP contribution in [0.5, 0.6) is 0 Å². The first-order chi connectivity index (χ1) is 9.80. The minimum atomic E-state index is -3.39. The van der Waals surface area contributed by atoms with E-state index in [1.807, 2.05) is 31.4 Å². The van der Waals surface area contributed by atoms with Crippen molar-refractivity contribution in [2.75, 3.05) is 12.8 Å². The number of sulfonamides is 1. The summed E-state index contributed by atoms with van der Waals surface area (Å²) in [5.41, 5.74) is 0. The van der Waals surface area contributed by atoms with Crippen molar-refractivity contribution in [2.24, 2.45) is 5.92 Å². The van der Waals surface area contributed by atoms with E-state index in [0.29, 0.717) is 0 Å². The first-order valence-electron chi connectivity index (χ1n) is 6.78. The van der Waals surface area contributed by atoms with Crippen molar-refractivity contribution in [3.8, 4) is 0 Å². The lowest BCUT2D eigenvalue weighted by molar-refractivity contribution is -0.124. The lowest BCUT2D eigenvalue weighted by atomic mass is 10.0. The number of nitrogens with zero attached hydrogens (tertiary/aromatic N) is 1. The predicted octanol–water partition coefficient (Wildman–Crippen LogP) is 1.76. The maximum absolute atomic E-state index is 12.4. The lowest BCUT2D eigenvalue weighted by Crippen LogP contribution is -2.47.